The Morgan fingerprint density at radius 3 is 2.12 bits per heavy atom. The number of nitrogens with zero attached hydrogens (tertiary/aromatic N) is 4. The van der Waals surface area contributed by atoms with Gasteiger partial charge in [-0.25, -0.2) is 9.48 Å². The smallest absolute Gasteiger partial charge is 0.322 e. The van der Waals surface area contributed by atoms with Crippen LogP contribution < -0.4 is 0 Å². The number of amides is 2. The highest BCUT2D eigenvalue weighted by molar-refractivity contribution is 6.21. The van der Waals surface area contributed by atoms with Gasteiger partial charge in [0, 0.05) is 0 Å². The number of fused-ring (bicyclic) bond motifs is 1. The third-order valence-electron chi connectivity index (χ3n) is 3.69. The Bertz CT molecular complexity index is 962. The van der Waals surface area contributed by atoms with Crippen LogP contribution in [0.25, 0.3) is 5.69 Å². The first-order valence-corrected chi connectivity index (χ1v) is 7.33. The molecule has 25 heavy (non-hydrogen) atoms. The monoisotopic (exact) mass is 334 g/mol. The van der Waals surface area contributed by atoms with Gasteiger partial charge in [0.05, 0.1) is 23.0 Å². The first-order valence-electron chi connectivity index (χ1n) is 7.33. The van der Waals surface area contributed by atoms with Crippen molar-refractivity contribution in [3.63, 3.8) is 0 Å². The molecule has 0 spiro atoms. The Morgan fingerprint density at radius 2 is 1.48 bits per heavy atom. The van der Waals surface area contributed by atoms with Crippen LogP contribution in [-0.4, -0.2) is 37.8 Å². The number of carbonyl (C=O) groups is 3. The van der Waals surface area contributed by atoms with Crippen LogP contribution >= 0.6 is 0 Å². The molecule has 3 aromatic rings. The molecule has 0 radical (unpaired) electrons. The van der Waals surface area contributed by atoms with Crippen molar-refractivity contribution in [2.45, 2.75) is 0 Å². The van der Waals surface area contributed by atoms with Crippen LogP contribution in [0.5, 0.6) is 0 Å². The van der Waals surface area contributed by atoms with Crippen molar-refractivity contribution in [1.29, 1.82) is 0 Å². The molecule has 0 saturated heterocycles. The van der Waals surface area contributed by atoms with E-state index in [9.17, 15) is 14.4 Å². The fourth-order valence-electron chi connectivity index (χ4n) is 2.51. The number of hydrogen-bond acceptors (Lipinski definition) is 6. The van der Waals surface area contributed by atoms with Gasteiger partial charge in [-0.15, -0.1) is 5.10 Å². The number of hydrogen-bond donors (Lipinski definition) is 0. The molecule has 0 aliphatic carbocycles. The molecule has 0 unspecified atom stereocenters. The lowest BCUT2D eigenvalue weighted by Gasteiger charge is -2.12. The van der Waals surface area contributed by atoms with Crippen LogP contribution in [-0.2, 0) is 4.84 Å². The number of imide groups is 1. The predicted octanol–water partition coefficient (Wildman–Crippen LogP) is 1.64. The molecule has 0 N–H and O–H groups in total. The molecule has 2 heterocycles. The Labute approximate surface area is 141 Å². The van der Waals surface area contributed by atoms with E-state index in [1.54, 1.807) is 36.4 Å². The Kier molecular flexibility index (Phi) is 3.35. The van der Waals surface area contributed by atoms with Crippen LogP contribution in [0.2, 0.25) is 0 Å². The van der Waals surface area contributed by atoms with Crippen molar-refractivity contribution in [1.82, 2.24) is 20.1 Å². The first-order chi connectivity index (χ1) is 12.2. The molecule has 0 saturated carbocycles. The summed E-state index contributed by atoms with van der Waals surface area (Å²) in [7, 11) is 0. The summed E-state index contributed by atoms with van der Waals surface area (Å²) < 4.78 is 1.26. The van der Waals surface area contributed by atoms with Gasteiger partial charge in [-0.1, -0.05) is 40.6 Å². The minimum atomic E-state index is -0.914. The Hall–Kier alpha value is -3.81. The van der Waals surface area contributed by atoms with Crippen molar-refractivity contribution in [2.24, 2.45) is 0 Å². The number of para-hydroxylation sites is 1. The fraction of sp³-hybridized carbons (Fsp3) is 0. The van der Waals surface area contributed by atoms with E-state index in [1.165, 1.54) is 23.0 Å². The van der Waals surface area contributed by atoms with Crippen LogP contribution in [0.3, 0.4) is 0 Å². The molecule has 0 fully saturated rings. The van der Waals surface area contributed by atoms with E-state index in [1.807, 2.05) is 6.07 Å². The molecule has 1 aromatic heterocycles. The highest BCUT2D eigenvalue weighted by Gasteiger charge is 2.39. The van der Waals surface area contributed by atoms with Gasteiger partial charge in [-0.05, 0) is 24.3 Å². The maximum atomic E-state index is 12.4. The lowest BCUT2D eigenvalue weighted by Crippen LogP contribution is -2.33. The number of carbonyl (C=O) groups excluding carboxylic acids is 3. The van der Waals surface area contributed by atoms with E-state index in [0.717, 1.165) is 0 Å². The zero-order chi connectivity index (χ0) is 17.4. The SMILES string of the molecule is O=C(ON1C(=O)c2ccccc2C1=O)c1cnnn1-c1ccccc1. The predicted molar refractivity (Wildman–Crippen MR) is 83.7 cm³/mol. The van der Waals surface area contributed by atoms with Gasteiger partial charge in [0.15, 0.2) is 5.69 Å². The summed E-state index contributed by atoms with van der Waals surface area (Å²) in [5.74, 6) is -2.29. The molecule has 4 rings (SSSR count). The average Bonchev–Trinajstić information content (AvgIpc) is 3.23. The molecule has 8 nitrogen and oxygen atoms in total. The number of benzene rings is 2. The topological polar surface area (TPSA) is 94.4 Å². The van der Waals surface area contributed by atoms with Gasteiger partial charge in [-0.3, -0.25) is 9.59 Å². The van der Waals surface area contributed by atoms with Gasteiger partial charge in [0.25, 0.3) is 11.8 Å². The van der Waals surface area contributed by atoms with Crippen LogP contribution in [0, 0.1) is 0 Å². The third kappa shape index (κ3) is 2.36. The summed E-state index contributed by atoms with van der Waals surface area (Å²) in [6.45, 7) is 0. The molecule has 0 atom stereocenters. The first kappa shape index (κ1) is 14.8. The second-order valence-corrected chi connectivity index (χ2v) is 5.20. The average molecular weight is 334 g/mol. The third-order valence-corrected chi connectivity index (χ3v) is 3.69. The van der Waals surface area contributed by atoms with Gasteiger partial charge in [0.1, 0.15) is 0 Å². The summed E-state index contributed by atoms with van der Waals surface area (Å²) in [6.07, 6.45) is 1.20. The lowest BCUT2D eigenvalue weighted by molar-refractivity contribution is -0.0590. The number of aromatic nitrogens is 3. The summed E-state index contributed by atoms with van der Waals surface area (Å²) in [6, 6.07) is 15.1. The lowest BCUT2D eigenvalue weighted by atomic mass is 10.1. The highest BCUT2D eigenvalue weighted by atomic mass is 16.7. The summed E-state index contributed by atoms with van der Waals surface area (Å²) in [5, 5.41) is 7.99. The zero-order valence-electron chi connectivity index (χ0n) is 12.7. The minimum absolute atomic E-state index is 0.0113. The Morgan fingerprint density at radius 1 is 0.880 bits per heavy atom. The molecule has 122 valence electrons. The van der Waals surface area contributed by atoms with E-state index in [0.29, 0.717) is 10.8 Å². The summed E-state index contributed by atoms with van der Waals surface area (Å²) in [5.41, 5.74) is 0.960. The van der Waals surface area contributed by atoms with Crippen LogP contribution in [0.1, 0.15) is 31.2 Å². The summed E-state index contributed by atoms with van der Waals surface area (Å²) >= 11 is 0. The van der Waals surface area contributed by atoms with E-state index < -0.39 is 17.8 Å². The number of rotatable bonds is 3. The molecular formula is C17H10N4O4. The fourth-order valence-corrected chi connectivity index (χ4v) is 2.51. The van der Waals surface area contributed by atoms with E-state index >= 15 is 0 Å². The van der Waals surface area contributed by atoms with Crippen molar-refractivity contribution >= 4 is 17.8 Å². The molecule has 1 aliphatic heterocycles. The van der Waals surface area contributed by atoms with Crippen LogP contribution in [0.4, 0.5) is 0 Å². The van der Waals surface area contributed by atoms with E-state index in [4.69, 9.17) is 4.84 Å². The normalized spacial score (nSPS) is 13.0. The highest BCUT2D eigenvalue weighted by Crippen LogP contribution is 2.23. The standard InChI is InChI=1S/C17H10N4O4/c22-15-12-8-4-5-9-13(12)16(23)21(15)25-17(24)14-10-18-19-20(14)11-6-2-1-3-7-11/h1-10H. The number of hydroxylamine groups is 2. The van der Waals surface area contributed by atoms with Crippen molar-refractivity contribution in [2.75, 3.05) is 0 Å². The van der Waals surface area contributed by atoms with Crippen LogP contribution in [0.15, 0.2) is 60.8 Å². The van der Waals surface area contributed by atoms with Crippen molar-refractivity contribution in [3.05, 3.63) is 77.6 Å². The zero-order valence-corrected chi connectivity index (χ0v) is 12.7. The molecule has 2 amide bonds. The molecule has 0 bridgehead atoms. The molecule has 8 heteroatoms. The maximum absolute atomic E-state index is 12.4. The van der Waals surface area contributed by atoms with Gasteiger partial charge >= 0.3 is 5.97 Å². The minimum Gasteiger partial charge on any atom is -0.322 e. The quantitative estimate of drug-likeness (QED) is 0.676. The maximum Gasteiger partial charge on any atom is 0.383 e. The Balaban J connectivity index is 1.62. The van der Waals surface area contributed by atoms with Crippen molar-refractivity contribution < 1.29 is 19.2 Å². The molecular weight excluding hydrogens is 324 g/mol. The molecule has 2 aromatic carbocycles. The van der Waals surface area contributed by atoms with E-state index in [2.05, 4.69) is 10.3 Å². The summed E-state index contributed by atoms with van der Waals surface area (Å²) in [4.78, 5) is 42.0. The second kappa shape index (κ2) is 5.68. The van der Waals surface area contributed by atoms with Gasteiger partial charge < -0.3 is 4.84 Å². The largest absolute Gasteiger partial charge is 0.383 e. The van der Waals surface area contributed by atoms with Gasteiger partial charge in [0.2, 0.25) is 0 Å². The molecule has 1 aliphatic rings. The second-order valence-electron chi connectivity index (χ2n) is 5.20. The van der Waals surface area contributed by atoms with E-state index in [-0.39, 0.29) is 16.8 Å². The van der Waals surface area contributed by atoms with Crippen molar-refractivity contribution in [3.8, 4) is 5.69 Å². The van der Waals surface area contributed by atoms with Gasteiger partial charge in [-0.2, -0.15) is 0 Å².